The van der Waals surface area contributed by atoms with Gasteiger partial charge in [0.15, 0.2) is 0 Å². The molecule has 2 nitrogen and oxygen atoms in total. The Morgan fingerprint density at radius 2 is 1.55 bits per heavy atom. The molecule has 0 aliphatic heterocycles. The summed E-state index contributed by atoms with van der Waals surface area (Å²) in [5, 5.41) is 9.74. The molecular weight excluding hydrogens is 248 g/mol. The molecule has 0 unspecified atom stereocenters. The predicted octanol–water partition coefficient (Wildman–Crippen LogP) is 3.89. The Morgan fingerprint density at radius 3 is 2.15 bits per heavy atom. The molecule has 0 spiro atoms. The van der Waals surface area contributed by atoms with Gasteiger partial charge in [0.05, 0.1) is 0 Å². The van der Waals surface area contributed by atoms with Crippen LogP contribution < -0.4 is 0 Å². The lowest BCUT2D eigenvalue weighted by Crippen LogP contribution is -2.31. The highest BCUT2D eigenvalue weighted by molar-refractivity contribution is 5.89. The molecule has 0 radical (unpaired) electrons. The van der Waals surface area contributed by atoms with Gasteiger partial charge in [0, 0.05) is 0 Å². The van der Waals surface area contributed by atoms with Gasteiger partial charge in [-0.15, -0.1) is 0 Å². The van der Waals surface area contributed by atoms with E-state index in [1.165, 1.54) is 0 Å². The third kappa shape index (κ3) is 2.03. The Morgan fingerprint density at radius 1 is 0.950 bits per heavy atom. The number of hydrogen-bond donors (Lipinski definition) is 1. The van der Waals surface area contributed by atoms with E-state index in [4.69, 9.17) is 0 Å². The molecule has 0 saturated carbocycles. The van der Waals surface area contributed by atoms with Gasteiger partial charge in [-0.25, -0.2) is 0 Å². The first kappa shape index (κ1) is 12.7. The molecule has 1 atom stereocenters. The number of carboxylic acids is 1. The molecular formula is C18H16O2. The number of carboxylic acid groups (broad SMARTS) is 1. The molecule has 1 N–H and O–H groups in total. The van der Waals surface area contributed by atoms with Gasteiger partial charge in [-0.1, -0.05) is 66.7 Å². The van der Waals surface area contributed by atoms with Gasteiger partial charge in [0.25, 0.3) is 0 Å². The zero-order valence-corrected chi connectivity index (χ0v) is 11.1. The zero-order chi connectivity index (χ0) is 14.0. The first-order valence-electron chi connectivity index (χ1n) is 6.78. The van der Waals surface area contributed by atoms with Gasteiger partial charge in [0.2, 0.25) is 0 Å². The van der Waals surface area contributed by atoms with Crippen LogP contribution in [0, 0.1) is 0 Å². The van der Waals surface area contributed by atoms with Crippen molar-refractivity contribution in [2.24, 2.45) is 0 Å². The summed E-state index contributed by atoms with van der Waals surface area (Å²) in [7, 11) is 0. The normalized spacial score (nSPS) is 21.5. The number of carbonyl (C=O) groups is 1. The van der Waals surface area contributed by atoms with Crippen molar-refractivity contribution in [3.05, 3.63) is 77.9 Å². The maximum atomic E-state index is 11.9. The van der Waals surface area contributed by atoms with Gasteiger partial charge in [-0.05, 0) is 29.5 Å². The largest absolute Gasteiger partial charge is 0.480 e. The summed E-state index contributed by atoms with van der Waals surface area (Å²) in [6, 6.07) is 19.5. The van der Waals surface area contributed by atoms with Crippen LogP contribution in [0.25, 0.3) is 5.57 Å². The Hall–Kier alpha value is -2.35. The second-order valence-corrected chi connectivity index (χ2v) is 5.18. The van der Waals surface area contributed by atoms with Crippen LogP contribution in [0.3, 0.4) is 0 Å². The third-order valence-corrected chi connectivity index (χ3v) is 4.02. The van der Waals surface area contributed by atoms with Crippen molar-refractivity contribution in [3.63, 3.8) is 0 Å². The molecule has 3 rings (SSSR count). The van der Waals surface area contributed by atoms with E-state index in [-0.39, 0.29) is 0 Å². The van der Waals surface area contributed by atoms with Crippen molar-refractivity contribution in [1.29, 1.82) is 0 Å². The van der Waals surface area contributed by atoms with Crippen LogP contribution in [0.1, 0.15) is 24.0 Å². The fourth-order valence-electron chi connectivity index (χ4n) is 2.91. The van der Waals surface area contributed by atoms with E-state index in [0.717, 1.165) is 23.1 Å². The van der Waals surface area contributed by atoms with E-state index in [1.807, 2.05) is 66.7 Å². The molecule has 2 aromatic rings. The van der Waals surface area contributed by atoms with E-state index in [1.54, 1.807) is 0 Å². The van der Waals surface area contributed by atoms with Gasteiger partial charge in [-0.3, -0.25) is 4.79 Å². The summed E-state index contributed by atoms with van der Waals surface area (Å²) >= 11 is 0. The summed E-state index contributed by atoms with van der Waals surface area (Å²) in [6.07, 6.45) is 3.35. The van der Waals surface area contributed by atoms with Crippen molar-refractivity contribution < 1.29 is 9.90 Å². The van der Waals surface area contributed by atoms with E-state index >= 15 is 0 Å². The van der Waals surface area contributed by atoms with E-state index < -0.39 is 11.4 Å². The first-order valence-corrected chi connectivity index (χ1v) is 6.78. The monoisotopic (exact) mass is 264 g/mol. The molecule has 1 aliphatic carbocycles. The van der Waals surface area contributed by atoms with Crippen LogP contribution in [-0.4, -0.2) is 11.1 Å². The summed E-state index contributed by atoms with van der Waals surface area (Å²) in [5.41, 5.74) is 2.22. The minimum Gasteiger partial charge on any atom is -0.480 e. The summed E-state index contributed by atoms with van der Waals surface area (Å²) in [6.45, 7) is 0. The van der Waals surface area contributed by atoms with E-state index in [9.17, 15) is 9.90 Å². The summed E-state index contributed by atoms with van der Waals surface area (Å²) in [4.78, 5) is 11.9. The van der Waals surface area contributed by atoms with Gasteiger partial charge >= 0.3 is 5.97 Å². The second kappa shape index (κ2) is 4.97. The van der Waals surface area contributed by atoms with Crippen molar-refractivity contribution in [3.8, 4) is 0 Å². The molecule has 2 aromatic carbocycles. The molecule has 0 fully saturated rings. The molecule has 100 valence electrons. The van der Waals surface area contributed by atoms with Crippen LogP contribution in [-0.2, 0) is 10.2 Å². The highest BCUT2D eigenvalue weighted by atomic mass is 16.4. The average Bonchev–Trinajstić information content (AvgIpc) is 2.96. The molecule has 0 amide bonds. The number of aliphatic carboxylic acids is 1. The summed E-state index contributed by atoms with van der Waals surface area (Å²) < 4.78 is 0. The van der Waals surface area contributed by atoms with E-state index in [0.29, 0.717) is 6.42 Å². The van der Waals surface area contributed by atoms with Gasteiger partial charge < -0.3 is 5.11 Å². The third-order valence-electron chi connectivity index (χ3n) is 4.02. The molecule has 20 heavy (non-hydrogen) atoms. The number of rotatable bonds is 3. The molecule has 0 bridgehead atoms. The maximum Gasteiger partial charge on any atom is 0.318 e. The van der Waals surface area contributed by atoms with Crippen LogP contribution in [0.15, 0.2) is 66.7 Å². The standard InChI is InChI=1S/C18H16O2/c19-17(20)18(16-9-5-2-6-10-16)12-11-15(13-18)14-7-3-1-4-8-14/h1-10,13H,11-12H2,(H,19,20)/t18-/m1/s1. The number of allylic oxidation sites excluding steroid dienone is 1. The van der Waals surface area contributed by atoms with E-state index in [2.05, 4.69) is 0 Å². The lowest BCUT2D eigenvalue weighted by atomic mass is 9.80. The Bertz CT molecular complexity index is 644. The fourth-order valence-corrected chi connectivity index (χ4v) is 2.91. The van der Waals surface area contributed by atoms with Crippen LogP contribution >= 0.6 is 0 Å². The minimum atomic E-state index is -0.883. The van der Waals surface area contributed by atoms with Crippen molar-refractivity contribution >= 4 is 11.5 Å². The molecule has 2 heteroatoms. The Balaban J connectivity index is 2.07. The number of hydrogen-bond acceptors (Lipinski definition) is 1. The van der Waals surface area contributed by atoms with Crippen LogP contribution in [0.4, 0.5) is 0 Å². The summed E-state index contributed by atoms with van der Waals surface area (Å²) in [5.74, 6) is -0.769. The van der Waals surface area contributed by atoms with Crippen LogP contribution in [0.2, 0.25) is 0 Å². The average molecular weight is 264 g/mol. The van der Waals surface area contributed by atoms with Crippen molar-refractivity contribution in [1.82, 2.24) is 0 Å². The SMILES string of the molecule is O=C(O)[C@@]1(c2ccccc2)C=C(c2ccccc2)CC1. The highest BCUT2D eigenvalue weighted by Gasteiger charge is 2.42. The van der Waals surface area contributed by atoms with Crippen molar-refractivity contribution in [2.45, 2.75) is 18.3 Å². The topological polar surface area (TPSA) is 37.3 Å². The minimum absolute atomic E-state index is 0.622. The Kier molecular flexibility index (Phi) is 3.15. The van der Waals surface area contributed by atoms with Gasteiger partial charge in [-0.2, -0.15) is 0 Å². The van der Waals surface area contributed by atoms with Crippen LogP contribution in [0.5, 0.6) is 0 Å². The highest BCUT2D eigenvalue weighted by Crippen LogP contribution is 2.42. The second-order valence-electron chi connectivity index (χ2n) is 5.18. The lowest BCUT2D eigenvalue weighted by molar-refractivity contribution is -0.141. The fraction of sp³-hybridized carbons (Fsp3) is 0.167. The smallest absolute Gasteiger partial charge is 0.318 e. The quantitative estimate of drug-likeness (QED) is 0.913. The lowest BCUT2D eigenvalue weighted by Gasteiger charge is -2.22. The van der Waals surface area contributed by atoms with Crippen molar-refractivity contribution in [2.75, 3.05) is 0 Å². The van der Waals surface area contributed by atoms with Gasteiger partial charge in [0.1, 0.15) is 5.41 Å². The first-order chi connectivity index (χ1) is 9.72. The molecule has 0 heterocycles. The Labute approximate surface area is 118 Å². The molecule has 1 aliphatic rings. The molecule has 0 saturated heterocycles. The predicted molar refractivity (Wildman–Crippen MR) is 79.4 cm³/mol. The zero-order valence-electron chi connectivity index (χ0n) is 11.1. The molecule has 0 aromatic heterocycles. The maximum absolute atomic E-state index is 11.9. The number of benzene rings is 2.